The molecule has 0 fully saturated rings. The van der Waals surface area contributed by atoms with Crippen LogP contribution in [0.4, 0.5) is 4.39 Å². The summed E-state index contributed by atoms with van der Waals surface area (Å²) in [6.07, 6.45) is 4.90. The molecule has 40 heavy (non-hydrogen) atoms. The molecule has 0 N–H and O–H groups in total. The van der Waals surface area contributed by atoms with E-state index in [1.54, 1.807) is 6.07 Å². The quantitative estimate of drug-likeness (QED) is 0.130. The predicted octanol–water partition coefficient (Wildman–Crippen LogP) is 8.49. The first-order chi connectivity index (χ1) is 18.7. The summed E-state index contributed by atoms with van der Waals surface area (Å²) in [5.41, 5.74) is 7.72. The van der Waals surface area contributed by atoms with E-state index in [-0.39, 0.29) is 25.9 Å². The topological polar surface area (TPSA) is 25.8 Å². The van der Waals surface area contributed by atoms with E-state index in [2.05, 4.69) is 104 Å². The Morgan fingerprint density at radius 1 is 0.775 bits per heavy atom. The Labute approximate surface area is 253 Å². The van der Waals surface area contributed by atoms with E-state index in [9.17, 15) is 4.39 Å². The number of rotatable bonds is 6. The van der Waals surface area contributed by atoms with Crippen LogP contribution in [0.3, 0.4) is 0 Å². The van der Waals surface area contributed by atoms with E-state index in [0.717, 1.165) is 28.9 Å². The van der Waals surface area contributed by atoms with Crippen molar-refractivity contribution in [2.75, 3.05) is 0 Å². The maximum Gasteiger partial charge on any atom is 0.0795 e. The number of hydrogen-bond donors (Lipinski definition) is 0. The zero-order valence-corrected chi connectivity index (χ0v) is 27.1. The molecular formula is C35H35FIrN2Si-2. The smallest absolute Gasteiger partial charge is 0.0795 e. The monoisotopic (exact) mass is 723 g/mol. The van der Waals surface area contributed by atoms with E-state index in [1.807, 2.05) is 36.7 Å². The average molecular weight is 723 g/mol. The summed E-state index contributed by atoms with van der Waals surface area (Å²) in [4.78, 5) is 9.07. The number of aromatic nitrogens is 2. The summed E-state index contributed by atoms with van der Waals surface area (Å²) in [7, 11) is -1.30. The molecule has 2 nitrogen and oxygen atoms in total. The number of halogens is 1. The van der Waals surface area contributed by atoms with Crippen molar-refractivity contribution in [2.45, 2.75) is 45.8 Å². The summed E-state index contributed by atoms with van der Waals surface area (Å²) in [6.45, 7) is 11.3. The third-order valence-corrected chi connectivity index (χ3v) is 8.58. The number of benzene rings is 3. The van der Waals surface area contributed by atoms with Crippen molar-refractivity contribution in [3.05, 3.63) is 138 Å². The van der Waals surface area contributed by atoms with Gasteiger partial charge in [0.05, 0.1) is 8.07 Å². The van der Waals surface area contributed by atoms with Crippen LogP contribution in [0.15, 0.2) is 103 Å². The van der Waals surface area contributed by atoms with Crippen LogP contribution in [0.2, 0.25) is 19.6 Å². The second kappa shape index (κ2) is 14.4. The largest absolute Gasteiger partial charge is 0.305 e. The van der Waals surface area contributed by atoms with Gasteiger partial charge in [-0.05, 0) is 45.6 Å². The van der Waals surface area contributed by atoms with Crippen LogP contribution in [0.25, 0.3) is 22.5 Å². The molecule has 5 rings (SSSR count). The van der Waals surface area contributed by atoms with Crippen molar-refractivity contribution >= 4 is 13.3 Å². The van der Waals surface area contributed by atoms with Gasteiger partial charge in [-0.25, -0.2) is 0 Å². The van der Waals surface area contributed by atoms with Crippen molar-refractivity contribution in [1.82, 2.24) is 9.97 Å². The molecule has 5 aromatic rings. The second-order valence-corrected chi connectivity index (χ2v) is 16.0. The van der Waals surface area contributed by atoms with Gasteiger partial charge in [-0.15, -0.1) is 65.7 Å². The van der Waals surface area contributed by atoms with E-state index < -0.39 is 8.07 Å². The summed E-state index contributed by atoms with van der Waals surface area (Å²) in [6, 6.07) is 35.5. The Hall–Kier alpha value is -3.24. The van der Waals surface area contributed by atoms with Crippen molar-refractivity contribution in [2.24, 2.45) is 0 Å². The molecule has 2 heterocycles. The Kier molecular flexibility index (Phi) is 11.3. The van der Waals surface area contributed by atoms with E-state index in [1.165, 1.54) is 34.0 Å². The molecule has 2 aromatic heterocycles. The first kappa shape index (κ1) is 31.3. The molecule has 0 saturated carbocycles. The zero-order valence-electron chi connectivity index (χ0n) is 23.7. The minimum absolute atomic E-state index is 0. The van der Waals surface area contributed by atoms with Crippen LogP contribution in [0, 0.1) is 17.9 Å². The molecule has 207 valence electrons. The molecule has 1 radical (unpaired) electrons. The van der Waals surface area contributed by atoms with Crippen LogP contribution in [-0.2, 0) is 26.5 Å². The van der Waals surface area contributed by atoms with Crippen LogP contribution in [-0.4, -0.2) is 18.0 Å². The van der Waals surface area contributed by atoms with Gasteiger partial charge < -0.3 is 9.97 Å². The van der Waals surface area contributed by atoms with Crippen molar-refractivity contribution < 1.29 is 24.5 Å². The van der Waals surface area contributed by atoms with Gasteiger partial charge in [0.25, 0.3) is 0 Å². The zero-order chi connectivity index (χ0) is 27.8. The summed E-state index contributed by atoms with van der Waals surface area (Å²) in [5, 5.41) is 1.32. The fraction of sp³-hybridized carbons (Fsp3) is 0.200. The molecule has 0 atom stereocenters. The van der Waals surface area contributed by atoms with Gasteiger partial charge in [0.2, 0.25) is 0 Å². The van der Waals surface area contributed by atoms with Crippen molar-refractivity contribution in [1.29, 1.82) is 0 Å². The van der Waals surface area contributed by atoms with E-state index >= 15 is 0 Å². The van der Waals surface area contributed by atoms with Crippen LogP contribution >= 0.6 is 0 Å². The predicted molar refractivity (Wildman–Crippen MR) is 163 cm³/mol. The fourth-order valence-corrected chi connectivity index (χ4v) is 5.29. The van der Waals surface area contributed by atoms with Crippen molar-refractivity contribution in [3.63, 3.8) is 0 Å². The maximum absolute atomic E-state index is 12.8. The number of nitrogens with zero attached hydrogens (tertiary/aromatic N) is 2. The molecule has 0 bridgehead atoms. The minimum atomic E-state index is -1.30. The normalized spacial score (nSPS) is 10.9. The van der Waals surface area contributed by atoms with Gasteiger partial charge in [0.15, 0.2) is 0 Å². The van der Waals surface area contributed by atoms with Gasteiger partial charge in [-0.1, -0.05) is 82.0 Å². The summed E-state index contributed by atoms with van der Waals surface area (Å²) < 4.78 is 12.8. The molecule has 0 unspecified atom stereocenters. The van der Waals surface area contributed by atoms with Crippen LogP contribution in [0.1, 0.15) is 36.5 Å². The molecule has 0 aliphatic rings. The van der Waals surface area contributed by atoms with Crippen LogP contribution in [0.5, 0.6) is 0 Å². The molecule has 3 aromatic carbocycles. The van der Waals surface area contributed by atoms with E-state index in [4.69, 9.17) is 0 Å². The first-order valence-corrected chi connectivity index (χ1v) is 16.8. The Morgan fingerprint density at radius 3 is 2.05 bits per heavy atom. The molecule has 0 aliphatic carbocycles. The first-order valence-electron chi connectivity index (χ1n) is 13.3. The standard InChI is InChI=1S/C21H20N.C14H15FNSi.Ir/c1-16(2)20-15-22-21(18-11-7-4-8-12-18)14-19(20)13-17-9-5-3-6-10-17;1-17(2,3)13-8-9-14(16-10-13)11-4-6-12(15)7-5-11;/h3-11,14-16H,13H2,1-2H3;4,6-10H,1-3H3;/q2*-1;. The van der Waals surface area contributed by atoms with Gasteiger partial charge in [-0.3, -0.25) is 4.39 Å². The van der Waals surface area contributed by atoms with E-state index in [0.29, 0.717) is 5.92 Å². The second-order valence-electron chi connectivity index (χ2n) is 11.0. The van der Waals surface area contributed by atoms with Crippen molar-refractivity contribution in [3.8, 4) is 22.5 Å². The van der Waals surface area contributed by atoms with Crippen LogP contribution < -0.4 is 5.19 Å². The van der Waals surface area contributed by atoms with Gasteiger partial charge in [0.1, 0.15) is 0 Å². The fourth-order valence-electron chi connectivity index (χ4n) is 4.26. The van der Waals surface area contributed by atoms with Gasteiger partial charge in [0, 0.05) is 38.3 Å². The SMILES string of the molecule is CC(C)c1cnc(-c2[c-]cccc2)cc1Cc1ccccc1.C[Si](C)(C)c1ccc(-c2[c-]cc(F)cc2)nc1.[Ir]. The number of pyridine rings is 2. The van der Waals surface area contributed by atoms with Gasteiger partial charge in [-0.2, -0.15) is 0 Å². The maximum atomic E-state index is 12.8. The number of hydrogen-bond acceptors (Lipinski definition) is 2. The average Bonchev–Trinajstić information content (AvgIpc) is 2.94. The Bertz CT molecular complexity index is 1460. The summed E-state index contributed by atoms with van der Waals surface area (Å²) >= 11 is 0. The molecule has 0 saturated heterocycles. The molecule has 5 heteroatoms. The Balaban J connectivity index is 0.000000222. The Morgan fingerprint density at radius 2 is 1.48 bits per heavy atom. The minimum Gasteiger partial charge on any atom is -0.305 e. The molecule has 0 aliphatic heterocycles. The molecule has 0 spiro atoms. The summed E-state index contributed by atoms with van der Waals surface area (Å²) in [5.74, 6) is 0.201. The third kappa shape index (κ3) is 8.63. The molecular weight excluding hydrogens is 688 g/mol. The molecule has 0 amide bonds. The third-order valence-electron chi connectivity index (χ3n) is 6.55. The van der Waals surface area contributed by atoms with Gasteiger partial charge >= 0.3 is 0 Å².